The van der Waals surface area contributed by atoms with Crippen LogP contribution in [0.5, 0.6) is 0 Å². The minimum atomic E-state index is -2.38. The lowest BCUT2D eigenvalue weighted by Gasteiger charge is -2.36. The number of rotatable bonds is 17. The zero-order valence-electron chi connectivity index (χ0n) is 19.2. The van der Waals surface area contributed by atoms with E-state index in [1.165, 1.54) is 0 Å². The standard InChI is InChI=1S/C20H37BN2O5P2/c1-8-12-25-16-20(21)28-19(10-14-30(6,7)24)15-27-29(26-13-9-11-22)23(17(2)3)18(4)5/h8,10,14,17-20H,1,9,12-13,15-16H2,2-7H3/b14-10+. The summed E-state index contributed by atoms with van der Waals surface area (Å²) in [5.41, 5.74) is 0. The summed E-state index contributed by atoms with van der Waals surface area (Å²) in [6.07, 6.45) is 3.11. The molecular weight excluding hydrogens is 421 g/mol. The van der Waals surface area contributed by atoms with Crippen molar-refractivity contribution < 1.29 is 23.1 Å². The van der Waals surface area contributed by atoms with E-state index in [1.54, 1.807) is 31.3 Å². The maximum atomic E-state index is 12.1. The van der Waals surface area contributed by atoms with Crippen LogP contribution in [0, 0.1) is 11.3 Å². The Balaban J connectivity index is 5.26. The van der Waals surface area contributed by atoms with Crippen molar-refractivity contribution in [2.75, 3.05) is 39.8 Å². The van der Waals surface area contributed by atoms with E-state index >= 15 is 0 Å². The average Bonchev–Trinajstić information content (AvgIpc) is 2.62. The molecule has 0 aliphatic rings. The zero-order valence-corrected chi connectivity index (χ0v) is 21.0. The Morgan fingerprint density at radius 2 is 1.83 bits per heavy atom. The van der Waals surface area contributed by atoms with Gasteiger partial charge in [-0.25, -0.2) is 4.67 Å². The SMILES string of the molecule is [B]C(COCC=C)OC(/C=C/P(C)(C)=O)COP(OCCC#N)N(C(C)C)C(C)C. The highest BCUT2D eigenvalue weighted by molar-refractivity contribution is 7.65. The predicted octanol–water partition coefficient (Wildman–Crippen LogP) is 4.50. The van der Waals surface area contributed by atoms with Gasteiger partial charge < -0.3 is 23.1 Å². The highest BCUT2D eigenvalue weighted by Gasteiger charge is 2.28. The average molecular weight is 458 g/mol. The second-order valence-corrected chi connectivity index (χ2v) is 12.3. The first-order valence-corrected chi connectivity index (χ1v) is 13.9. The van der Waals surface area contributed by atoms with Crippen LogP contribution in [0.3, 0.4) is 0 Å². The van der Waals surface area contributed by atoms with Crippen LogP contribution < -0.4 is 0 Å². The molecule has 0 aliphatic carbocycles. The van der Waals surface area contributed by atoms with Crippen molar-refractivity contribution in [1.82, 2.24) is 4.67 Å². The number of nitriles is 1. The van der Waals surface area contributed by atoms with Crippen LogP contribution in [0.15, 0.2) is 24.5 Å². The topological polar surface area (TPSA) is 81.0 Å². The predicted molar refractivity (Wildman–Crippen MR) is 125 cm³/mol. The highest BCUT2D eigenvalue weighted by Crippen LogP contribution is 2.46. The summed E-state index contributed by atoms with van der Waals surface area (Å²) < 4.78 is 37.4. The van der Waals surface area contributed by atoms with E-state index < -0.39 is 27.8 Å². The molecule has 0 aliphatic heterocycles. The molecule has 3 atom stereocenters. The quantitative estimate of drug-likeness (QED) is 0.137. The van der Waals surface area contributed by atoms with Gasteiger partial charge in [-0.15, -0.1) is 6.58 Å². The molecule has 30 heavy (non-hydrogen) atoms. The maximum Gasteiger partial charge on any atom is 0.259 e. The lowest BCUT2D eigenvalue weighted by molar-refractivity contribution is -0.0126. The molecule has 0 amide bonds. The molecule has 0 heterocycles. The molecule has 0 spiro atoms. The molecule has 0 rings (SSSR count). The van der Waals surface area contributed by atoms with E-state index in [9.17, 15) is 4.57 Å². The third-order valence-electron chi connectivity index (χ3n) is 3.54. The fraction of sp³-hybridized carbons (Fsp3) is 0.750. The van der Waals surface area contributed by atoms with Gasteiger partial charge in [0, 0.05) is 18.1 Å². The number of hydrogen-bond donors (Lipinski definition) is 0. The highest BCUT2D eigenvalue weighted by atomic mass is 31.2. The molecule has 0 saturated heterocycles. The monoisotopic (exact) mass is 458 g/mol. The molecule has 2 radical (unpaired) electrons. The molecule has 0 aromatic heterocycles. The van der Waals surface area contributed by atoms with E-state index in [1.807, 2.05) is 0 Å². The minimum Gasteiger partial charge on any atom is -0.376 e. The van der Waals surface area contributed by atoms with Gasteiger partial charge in [-0.05, 0) is 46.8 Å². The minimum absolute atomic E-state index is 0.167. The lowest BCUT2D eigenvalue weighted by atomic mass is 10.0. The molecule has 0 bridgehead atoms. The van der Waals surface area contributed by atoms with Gasteiger partial charge in [-0.1, -0.05) is 12.2 Å². The Morgan fingerprint density at radius 3 is 2.33 bits per heavy atom. The summed E-state index contributed by atoms with van der Waals surface area (Å²) in [6, 6.07) is 1.78. The van der Waals surface area contributed by atoms with Gasteiger partial charge >= 0.3 is 0 Å². The summed E-state index contributed by atoms with van der Waals surface area (Å²) in [5.74, 6) is 1.64. The van der Waals surface area contributed by atoms with Crippen molar-refractivity contribution in [3.05, 3.63) is 24.5 Å². The van der Waals surface area contributed by atoms with Gasteiger partial charge in [0.15, 0.2) is 0 Å². The molecular formula is C20H37BN2O5P2. The van der Waals surface area contributed by atoms with Crippen molar-refractivity contribution in [2.24, 2.45) is 0 Å². The summed E-state index contributed by atoms with van der Waals surface area (Å²) in [6.45, 7) is 16.2. The lowest BCUT2D eigenvalue weighted by Crippen LogP contribution is -2.35. The number of ether oxygens (including phenoxy) is 2. The van der Waals surface area contributed by atoms with Crippen LogP contribution in [0.2, 0.25) is 0 Å². The Kier molecular flexibility index (Phi) is 15.9. The second kappa shape index (κ2) is 16.2. The molecule has 7 nitrogen and oxygen atoms in total. The molecule has 0 fully saturated rings. The number of nitrogens with zero attached hydrogens (tertiary/aromatic N) is 2. The largest absolute Gasteiger partial charge is 0.376 e. The fourth-order valence-corrected chi connectivity index (χ4v) is 4.65. The molecule has 0 aromatic carbocycles. The first kappa shape index (κ1) is 29.5. The molecule has 170 valence electrons. The maximum absolute atomic E-state index is 12.1. The smallest absolute Gasteiger partial charge is 0.259 e. The Morgan fingerprint density at radius 1 is 1.20 bits per heavy atom. The fourth-order valence-electron chi connectivity index (χ4n) is 2.43. The van der Waals surface area contributed by atoms with E-state index in [4.69, 9.17) is 31.6 Å². The van der Waals surface area contributed by atoms with E-state index in [2.05, 4.69) is 45.0 Å². The Labute approximate surface area is 185 Å². The van der Waals surface area contributed by atoms with Crippen molar-refractivity contribution in [3.8, 4) is 6.07 Å². The van der Waals surface area contributed by atoms with Crippen molar-refractivity contribution >= 4 is 23.5 Å². The van der Waals surface area contributed by atoms with Crippen LogP contribution in [0.1, 0.15) is 34.1 Å². The van der Waals surface area contributed by atoms with Crippen molar-refractivity contribution in [1.29, 1.82) is 5.26 Å². The van der Waals surface area contributed by atoms with Gasteiger partial charge in [0.2, 0.25) is 0 Å². The first-order chi connectivity index (χ1) is 14.0. The first-order valence-electron chi connectivity index (χ1n) is 10.1. The van der Waals surface area contributed by atoms with Crippen LogP contribution in [-0.2, 0) is 23.1 Å². The number of hydrogen-bond acceptors (Lipinski definition) is 7. The van der Waals surface area contributed by atoms with Gasteiger partial charge in [0.05, 0.1) is 45.0 Å². The summed E-state index contributed by atoms with van der Waals surface area (Å²) >= 11 is 0. The molecule has 0 aromatic rings. The normalized spacial score (nSPS) is 15.6. The van der Waals surface area contributed by atoms with Gasteiger partial charge in [-0.2, -0.15) is 5.26 Å². The van der Waals surface area contributed by atoms with Crippen LogP contribution >= 0.6 is 15.7 Å². The van der Waals surface area contributed by atoms with Crippen molar-refractivity contribution in [2.45, 2.75) is 58.3 Å². The molecule has 10 heteroatoms. The molecule has 3 unspecified atom stereocenters. The van der Waals surface area contributed by atoms with E-state index in [0.717, 1.165) is 0 Å². The Bertz CT molecular complexity index is 584. The Hall–Kier alpha value is -0.505. The third kappa shape index (κ3) is 14.5. The van der Waals surface area contributed by atoms with Crippen LogP contribution in [0.25, 0.3) is 0 Å². The summed E-state index contributed by atoms with van der Waals surface area (Å²) in [4.78, 5) is 0. The van der Waals surface area contributed by atoms with Gasteiger partial charge in [-0.3, -0.25) is 0 Å². The summed E-state index contributed by atoms with van der Waals surface area (Å²) in [5, 5.41) is 8.82. The van der Waals surface area contributed by atoms with Crippen LogP contribution in [0.4, 0.5) is 0 Å². The molecule has 0 saturated carbocycles. The van der Waals surface area contributed by atoms with E-state index in [-0.39, 0.29) is 38.3 Å². The zero-order chi connectivity index (χ0) is 23.2. The van der Waals surface area contributed by atoms with Gasteiger partial charge in [0.1, 0.15) is 15.0 Å². The van der Waals surface area contributed by atoms with E-state index in [0.29, 0.717) is 6.61 Å². The van der Waals surface area contributed by atoms with Gasteiger partial charge in [0.25, 0.3) is 8.53 Å². The second-order valence-electron chi connectivity index (χ2n) is 7.66. The van der Waals surface area contributed by atoms with Crippen LogP contribution in [-0.4, -0.2) is 76.5 Å². The summed E-state index contributed by atoms with van der Waals surface area (Å²) in [7, 11) is 2.21. The van der Waals surface area contributed by atoms with Crippen molar-refractivity contribution in [3.63, 3.8) is 0 Å². The molecule has 0 N–H and O–H groups in total. The third-order valence-corrected chi connectivity index (χ3v) is 6.50.